The molecule has 0 saturated heterocycles. The maximum Gasteiger partial charge on any atom is 0.153 e. The van der Waals surface area contributed by atoms with E-state index in [1.807, 2.05) is 6.07 Å². The number of nitrogens with two attached hydrogens (primary N) is 1. The van der Waals surface area contributed by atoms with Crippen molar-refractivity contribution >= 4 is 22.7 Å². The molecule has 0 spiro atoms. The van der Waals surface area contributed by atoms with Crippen molar-refractivity contribution in [2.24, 2.45) is 0 Å². The molecule has 8 nitrogen and oxygen atoms in total. The second kappa shape index (κ2) is 7.12. The maximum atomic E-state index is 14.4. The molecule has 10 heteroatoms. The summed E-state index contributed by atoms with van der Waals surface area (Å²) in [5, 5.41) is 12.4. The van der Waals surface area contributed by atoms with Crippen molar-refractivity contribution in [3.8, 4) is 11.8 Å². The molecule has 1 aromatic carbocycles. The Morgan fingerprint density at radius 1 is 1.28 bits per heavy atom. The lowest BCUT2D eigenvalue weighted by Crippen LogP contribution is -2.15. The highest BCUT2D eigenvalue weighted by Gasteiger charge is 2.22. The third-order valence-electron chi connectivity index (χ3n) is 4.34. The van der Waals surface area contributed by atoms with Gasteiger partial charge in [-0.3, -0.25) is 9.55 Å². The molecule has 3 heterocycles. The Morgan fingerprint density at radius 2 is 2.10 bits per heavy atom. The Labute approximate surface area is 163 Å². The van der Waals surface area contributed by atoms with E-state index >= 15 is 0 Å². The number of nitrogen functional groups attached to an aromatic ring is 1. The number of aromatic nitrogens is 5. The van der Waals surface area contributed by atoms with Gasteiger partial charge in [-0.1, -0.05) is 0 Å². The number of rotatable bonds is 4. The third-order valence-corrected chi connectivity index (χ3v) is 4.34. The van der Waals surface area contributed by atoms with Gasteiger partial charge in [-0.25, -0.2) is 23.7 Å². The summed E-state index contributed by atoms with van der Waals surface area (Å²) >= 11 is 0. The van der Waals surface area contributed by atoms with Crippen molar-refractivity contribution in [1.82, 2.24) is 24.5 Å². The zero-order valence-electron chi connectivity index (χ0n) is 15.1. The predicted molar refractivity (Wildman–Crippen MR) is 102 cm³/mol. The Kier molecular flexibility index (Phi) is 4.48. The first-order chi connectivity index (χ1) is 14.0. The normalized spacial score (nSPS) is 11.9. The van der Waals surface area contributed by atoms with E-state index in [0.717, 1.165) is 6.07 Å². The van der Waals surface area contributed by atoms with Gasteiger partial charge in [-0.2, -0.15) is 5.26 Å². The van der Waals surface area contributed by atoms with Crippen LogP contribution < -0.4 is 11.1 Å². The number of hydrogen-bond donors (Lipinski definition) is 2. The lowest BCUT2D eigenvalue weighted by Gasteiger charge is -2.17. The molecule has 0 aliphatic rings. The van der Waals surface area contributed by atoms with Crippen LogP contribution in [-0.2, 0) is 0 Å². The number of fused-ring (bicyclic) bond motifs is 1. The number of nitriles is 1. The van der Waals surface area contributed by atoms with Gasteiger partial charge in [-0.05, 0) is 19.1 Å². The Bertz CT molecular complexity index is 1250. The SMILES string of the molecule is C[C@H](Nc1ncnc(N)c1C#N)c1nc2c(F)cc(F)cc2n1-c1cccnc1. The molecule has 0 aliphatic heterocycles. The molecular formula is C19H14F2N8. The molecule has 0 fully saturated rings. The summed E-state index contributed by atoms with van der Waals surface area (Å²) in [7, 11) is 0. The van der Waals surface area contributed by atoms with Gasteiger partial charge in [0, 0.05) is 18.3 Å². The summed E-state index contributed by atoms with van der Waals surface area (Å²) in [5.74, 6) is -0.878. The average molecular weight is 392 g/mol. The van der Waals surface area contributed by atoms with Gasteiger partial charge in [0.05, 0.1) is 23.4 Å². The average Bonchev–Trinajstić information content (AvgIpc) is 3.09. The molecule has 3 N–H and O–H groups in total. The van der Waals surface area contributed by atoms with Crippen LogP contribution in [0.4, 0.5) is 20.4 Å². The fourth-order valence-corrected chi connectivity index (χ4v) is 3.06. The van der Waals surface area contributed by atoms with Gasteiger partial charge in [0.25, 0.3) is 0 Å². The molecule has 1 atom stereocenters. The van der Waals surface area contributed by atoms with Crippen LogP contribution in [0.3, 0.4) is 0 Å². The van der Waals surface area contributed by atoms with Crippen molar-refractivity contribution in [2.45, 2.75) is 13.0 Å². The van der Waals surface area contributed by atoms with Crippen molar-refractivity contribution < 1.29 is 8.78 Å². The predicted octanol–water partition coefficient (Wildman–Crippen LogP) is 3.12. The fourth-order valence-electron chi connectivity index (χ4n) is 3.06. The zero-order chi connectivity index (χ0) is 20.5. The Balaban J connectivity index is 1.89. The first-order valence-corrected chi connectivity index (χ1v) is 8.54. The number of halogens is 2. The highest BCUT2D eigenvalue weighted by molar-refractivity contribution is 5.79. The minimum absolute atomic E-state index is 0.0154. The number of nitrogens with zero attached hydrogens (tertiary/aromatic N) is 6. The van der Waals surface area contributed by atoms with Gasteiger partial charge >= 0.3 is 0 Å². The van der Waals surface area contributed by atoms with E-state index in [1.54, 1.807) is 36.0 Å². The Hall–Kier alpha value is -4.13. The summed E-state index contributed by atoms with van der Waals surface area (Å²) in [6, 6.07) is 6.84. The second-order valence-corrected chi connectivity index (χ2v) is 6.23. The molecule has 0 radical (unpaired) electrons. The molecule has 29 heavy (non-hydrogen) atoms. The number of anilines is 2. The van der Waals surface area contributed by atoms with E-state index in [1.165, 1.54) is 12.4 Å². The van der Waals surface area contributed by atoms with E-state index in [0.29, 0.717) is 11.5 Å². The van der Waals surface area contributed by atoms with Crippen LogP contribution in [0.25, 0.3) is 16.7 Å². The van der Waals surface area contributed by atoms with Crippen LogP contribution in [0.1, 0.15) is 24.4 Å². The number of hydrogen-bond acceptors (Lipinski definition) is 7. The smallest absolute Gasteiger partial charge is 0.153 e. The lowest BCUT2D eigenvalue weighted by molar-refractivity contribution is 0.590. The standard InChI is InChI=1S/C19H14F2N8/c1-10(27-18-13(7-22)17(23)25-9-26-18)19-28-16-14(21)5-11(20)6-15(16)29(19)12-3-2-4-24-8-12/h2-6,8-10H,1H3,(H3,23,25,26,27)/t10-/m0/s1. The van der Waals surface area contributed by atoms with Crippen molar-refractivity contribution in [2.75, 3.05) is 11.1 Å². The zero-order valence-corrected chi connectivity index (χ0v) is 15.1. The third kappa shape index (κ3) is 3.19. The molecule has 0 bridgehead atoms. The first kappa shape index (κ1) is 18.2. The number of imidazole rings is 1. The summed E-state index contributed by atoms with van der Waals surface area (Å²) in [6.07, 6.45) is 4.38. The molecule has 144 valence electrons. The molecule has 4 aromatic rings. The summed E-state index contributed by atoms with van der Waals surface area (Å²) < 4.78 is 29.9. The van der Waals surface area contributed by atoms with Crippen LogP contribution in [0.5, 0.6) is 0 Å². The highest BCUT2D eigenvalue weighted by atomic mass is 19.1. The number of benzene rings is 1. The topological polar surface area (TPSA) is 118 Å². The van der Waals surface area contributed by atoms with Gasteiger partial charge in [0.1, 0.15) is 46.8 Å². The molecule has 0 aliphatic carbocycles. The van der Waals surface area contributed by atoms with Crippen LogP contribution >= 0.6 is 0 Å². The highest BCUT2D eigenvalue weighted by Crippen LogP contribution is 2.29. The first-order valence-electron chi connectivity index (χ1n) is 8.54. The van der Waals surface area contributed by atoms with E-state index < -0.39 is 17.7 Å². The molecule has 0 saturated carbocycles. The number of nitrogens with one attached hydrogen (secondary N) is 1. The summed E-state index contributed by atoms with van der Waals surface area (Å²) in [5.41, 5.74) is 6.66. The van der Waals surface area contributed by atoms with E-state index in [-0.39, 0.29) is 28.2 Å². The van der Waals surface area contributed by atoms with Gasteiger partial charge < -0.3 is 11.1 Å². The van der Waals surface area contributed by atoms with Crippen molar-refractivity contribution in [3.63, 3.8) is 0 Å². The monoisotopic (exact) mass is 392 g/mol. The summed E-state index contributed by atoms with van der Waals surface area (Å²) in [6.45, 7) is 1.75. The van der Waals surface area contributed by atoms with Gasteiger partial charge in [0.15, 0.2) is 5.82 Å². The lowest BCUT2D eigenvalue weighted by atomic mass is 10.2. The van der Waals surface area contributed by atoms with Gasteiger partial charge in [-0.15, -0.1) is 0 Å². The quantitative estimate of drug-likeness (QED) is 0.548. The van der Waals surface area contributed by atoms with Crippen LogP contribution in [-0.4, -0.2) is 24.5 Å². The van der Waals surface area contributed by atoms with E-state index in [2.05, 4.69) is 25.3 Å². The molecular weight excluding hydrogens is 378 g/mol. The van der Waals surface area contributed by atoms with E-state index in [9.17, 15) is 14.0 Å². The van der Waals surface area contributed by atoms with Gasteiger partial charge in [0.2, 0.25) is 0 Å². The molecule has 0 amide bonds. The molecule has 0 unspecified atom stereocenters. The Morgan fingerprint density at radius 3 is 2.83 bits per heavy atom. The van der Waals surface area contributed by atoms with Crippen LogP contribution in [0, 0.1) is 23.0 Å². The minimum atomic E-state index is -0.778. The number of pyridine rings is 1. The fraction of sp³-hybridized carbons (Fsp3) is 0.105. The largest absolute Gasteiger partial charge is 0.382 e. The van der Waals surface area contributed by atoms with Crippen molar-refractivity contribution in [1.29, 1.82) is 5.26 Å². The molecule has 3 aromatic heterocycles. The summed E-state index contributed by atoms with van der Waals surface area (Å²) in [4.78, 5) is 16.3. The van der Waals surface area contributed by atoms with Crippen LogP contribution in [0.2, 0.25) is 0 Å². The second-order valence-electron chi connectivity index (χ2n) is 6.23. The maximum absolute atomic E-state index is 14.4. The van der Waals surface area contributed by atoms with Crippen LogP contribution in [0.15, 0.2) is 43.0 Å². The van der Waals surface area contributed by atoms with E-state index in [4.69, 9.17) is 5.73 Å². The minimum Gasteiger partial charge on any atom is -0.382 e. The van der Waals surface area contributed by atoms with Crippen molar-refractivity contribution in [3.05, 3.63) is 66.0 Å². The molecule has 4 rings (SSSR count).